The Kier molecular flexibility index (Phi) is 7.88. The average molecular weight is 711 g/mol. The van der Waals surface area contributed by atoms with E-state index in [2.05, 4.69) is 67.9 Å². The molecule has 0 saturated carbocycles. The van der Waals surface area contributed by atoms with Gasteiger partial charge in [0.05, 0.1) is 24.0 Å². The predicted molar refractivity (Wildman–Crippen MR) is 159 cm³/mol. The summed E-state index contributed by atoms with van der Waals surface area (Å²) in [6.07, 6.45) is 2.55. The summed E-state index contributed by atoms with van der Waals surface area (Å²) in [5, 5.41) is 17.5. The summed E-state index contributed by atoms with van der Waals surface area (Å²) in [6.45, 7) is 6.93. The number of carbonyl (C=O) groups is 1. The molecular weight excluding hydrogens is 679 g/mol. The topological polar surface area (TPSA) is 101 Å². The van der Waals surface area contributed by atoms with Gasteiger partial charge in [0.25, 0.3) is 5.91 Å². The van der Waals surface area contributed by atoms with Gasteiger partial charge in [0.1, 0.15) is 0 Å². The van der Waals surface area contributed by atoms with Crippen molar-refractivity contribution in [2.75, 3.05) is 11.5 Å². The molecule has 1 aromatic heterocycles. The second kappa shape index (κ2) is 10.7. The Morgan fingerprint density at radius 3 is 2.63 bits per heavy atom. The van der Waals surface area contributed by atoms with Crippen LogP contribution in [0.5, 0.6) is 0 Å². The number of benzene rings is 2. The monoisotopic (exact) mass is 710 g/mol. The van der Waals surface area contributed by atoms with Gasteiger partial charge in [-0.15, -0.1) is 5.10 Å². The Morgan fingerprint density at radius 2 is 1.95 bits per heavy atom. The van der Waals surface area contributed by atoms with E-state index in [1.165, 1.54) is 0 Å². The van der Waals surface area contributed by atoms with Crippen molar-refractivity contribution in [1.29, 1.82) is 0 Å². The molecule has 3 heterocycles. The first kappa shape index (κ1) is 27.9. The number of aliphatic hydroxyl groups excluding tert-OH is 1. The molecule has 3 aromatic rings. The molecule has 2 N–H and O–H groups in total. The second-order valence-corrected chi connectivity index (χ2v) is 16.9. The van der Waals surface area contributed by atoms with Crippen molar-refractivity contribution in [3.63, 3.8) is 0 Å². The molecule has 2 aliphatic heterocycles. The highest BCUT2D eigenvalue weighted by Crippen LogP contribution is 2.60. The molecule has 4 atom stereocenters. The number of aryl methyl sites for hydroxylation is 1. The summed E-state index contributed by atoms with van der Waals surface area (Å²) in [4.78, 5) is 27.7. The number of fused-ring (bicyclic) bond motifs is 2. The first-order valence-corrected chi connectivity index (χ1v) is 17.7. The van der Waals surface area contributed by atoms with Gasteiger partial charge in [-0.3, -0.25) is 9.48 Å². The highest BCUT2D eigenvalue weighted by Gasteiger charge is 2.66. The van der Waals surface area contributed by atoms with E-state index >= 15 is 0 Å². The van der Waals surface area contributed by atoms with Crippen molar-refractivity contribution >= 4 is 58.4 Å². The molecule has 0 radical (unpaired) electrons. The first-order valence-electron chi connectivity index (χ1n) is 12.8. The number of ether oxygens (including phenoxy) is 1. The number of amides is 1. The number of anilines is 1. The molecule has 2 aliphatic rings. The van der Waals surface area contributed by atoms with Crippen molar-refractivity contribution in [3.05, 3.63) is 73.5 Å². The van der Waals surface area contributed by atoms with Crippen molar-refractivity contribution in [2.45, 2.75) is 63.2 Å². The average Bonchev–Trinajstić information content (AvgIpc) is 3.50. The Bertz CT molecular complexity index is 1330. The lowest BCUT2D eigenvalue weighted by atomic mass is 9.82. The number of rotatable bonds is 8. The molecule has 5 rings (SSSR count). The SMILES string of the molecule is C[C@@H]1[C@@H]([Si](C)(C)O)[C@H](CCn2cc(CCO)nn2)O[C@@]12C(=O)N(Cc1ccc(I)cc1)c1ccc(Br)cc12. The maximum atomic E-state index is 14.4. The number of carbonyl (C=O) groups excluding carboxylic acids is 1. The van der Waals surface area contributed by atoms with Gasteiger partial charge in [0.15, 0.2) is 13.9 Å². The molecule has 0 bridgehead atoms. The van der Waals surface area contributed by atoms with E-state index in [0.29, 0.717) is 25.9 Å². The lowest BCUT2D eigenvalue weighted by molar-refractivity contribution is -0.146. The van der Waals surface area contributed by atoms with Gasteiger partial charge in [-0.05, 0) is 78.0 Å². The van der Waals surface area contributed by atoms with E-state index in [0.717, 1.165) is 30.6 Å². The molecule has 1 fully saturated rings. The minimum Gasteiger partial charge on any atom is -0.432 e. The Balaban J connectivity index is 1.50. The summed E-state index contributed by atoms with van der Waals surface area (Å²) in [5.41, 5.74) is 2.16. The Morgan fingerprint density at radius 1 is 1.21 bits per heavy atom. The van der Waals surface area contributed by atoms with E-state index in [9.17, 15) is 14.7 Å². The molecule has 2 aromatic carbocycles. The maximum Gasteiger partial charge on any atom is 0.264 e. The van der Waals surface area contributed by atoms with E-state index in [1.807, 2.05) is 54.5 Å². The number of aromatic nitrogens is 3. The van der Waals surface area contributed by atoms with Gasteiger partial charge in [0.2, 0.25) is 0 Å². The fraction of sp³-hybridized carbons (Fsp3) is 0.444. The number of hydrogen-bond acceptors (Lipinski definition) is 6. The number of aliphatic hydroxyl groups is 1. The van der Waals surface area contributed by atoms with E-state index < -0.39 is 13.9 Å². The predicted octanol–water partition coefficient (Wildman–Crippen LogP) is 4.61. The molecule has 0 aliphatic carbocycles. The van der Waals surface area contributed by atoms with Crippen LogP contribution in [0, 0.1) is 9.49 Å². The van der Waals surface area contributed by atoms with Crippen LogP contribution >= 0.6 is 38.5 Å². The number of halogens is 2. The fourth-order valence-electron chi connectivity index (χ4n) is 6.19. The van der Waals surface area contributed by atoms with Crippen molar-refractivity contribution in [1.82, 2.24) is 15.0 Å². The zero-order chi connectivity index (χ0) is 27.2. The smallest absolute Gasteiger partial charge is 0.264 e. The molecular formula is C27H32BrIN4O4Si. The van der Waals surface area contributed by atoms with Crippen LogP contribution in [0.25, 0.3) is 0 Å². The Labute approximate surface area is 245 Å². The van der Waals surface area contributed by atoms with Gasteiger partial charge in [-0.2, -0.15) is 0 Å². The zero-order valence-electron chi connectivity index (χ0n) is 21.6. The van der Waals surface area contributed by atoms with Gasteiger partial charge in [-0.25, -0.2) is 0 Å². The van der Waals surface area contributed by atoms with Crippen LogP contribution in [0.4, 0.5) is 5.69 Å². The second-order valence-electron chi connectivity index (χ2n) is 10.8. The molecule has 38 heavy (non-hydrogen) atoms. The lowest BCUT2D eigenvalue weighted by Gasteiger charge is -2.32. The minimum absolute atomic E-state index is 0.0205. The van der Waals surface area contributed by atoms with Gasteiger partial charge in [0, 0.05) is 50.8 Å². The largest absolute Gasteiger partial charge is 0.432 e. The molecule has 202 valence electrons. The van der Waals surface area contributed by atoms with Crippen molar-refractivity contribution < 1.29 is 19.4 Å². The fourth-order valence-corrected chi connectivity index (χ4v) is 9.51. The van der Waals surface area contributed by atoms with E-state index in [-0.39, 0.29) is 30.1 Å². The standard InChI is InChI=1S/C27H32BrIN4O4Si/c1-17-25(38(2,3)36)24(10-12-32-16-21(11-13-34)30-31-32)37-27(17)22-14-19(28)6-9-23(22)33(26(27)35)15-18-4-7-20(29)8-5-18/h4-9,14,16-17,24-25,34,36H,10-13,15H2,1-3H3/t17-,24+,25-,27+/m1/s1. The van der Waals surface area contributed by atoms with Gasteiger partial charge >= 0.3 is 0 Å². The van der Waals surface area contributed by atoms with E-state index in [4.69, 9.17) is 4.74 Å². The van der Waals surface area contributed by atoms with Crippen LogP contribution in [-0.4, -0.2) is 51.8 Å². The Hall–Kier alpha value is -1.64. The maximum absolute atomic E-state index is 14.4. The molecule has 1 amide bonds. The van der Waals surface area contributed by atoms with Crippen LogP contribution in [0.15, 0.2) is 53.1 Å². The molecule has 0 unspecified atom stereocenters. The third-order valence-corrected chi connectivity index (χ3v) is 11.5. The zero-order valence-corrected chi connectivity index (χ0v) is 26.4. The highest BCUT2D eigenvalue weighted by molar-refractivity contribution is 14.1. The summed E-state index contributed by atoms with van der Waals surface area (Å²) < 4.78 is 10.7. The summed E-state index contributed by atoms with van der Waals surface area (Å²) >= 11 is 5.89. The van der Waals surface area contributed by atoms with Crippen LogP contribution in [0.2, 0.25) is 18.6 Å². The quantitative estimate of drug-likeness (QED) is 0.262. The minimum atomic E-state index is -2.74. The lowest BCUT2D eigenvalue weighted by Crippen LogP contribution is -2.46. The van der Waals surface area contributed by atoms with Crippen LogP contribution < -0.4 is 4.90 Å². The van der Waals surface area contributed by atoms with Crippen LogP contribution in [-0.2, 0) is 34.6 Å². The van der Waals surface area contributed by atoms with Crippen LogP contribution in [0.1, 0.15) is 30.2 Å². The van der Waals surface area contributed by atoms with E-state index in [1.54, 1.807) is 4.68 Å². The van der Waals surface area contributed by atoms with Crippen LogP contribution in [0.3, 0.4) is 0 Å². The van der Waals surface area contributed by atoms with Gasteiger partial charge in [-0.1, -0.05) is 40.2 Å². The normalized spacial score (nSPS) is 25.0. The number of nitrogens with zero attached hydrogens (tertiary/aromatic N) is 4. The summed E-state index contributed by atoms with van der Waals surface area (Å²) in [5.74, 6) is -0.296. The first-order chi connectivity index (χ1) is 18.0. The third-order valence-electron chi connectivity index (χ3n) is 7.80. The number of hydrogen-bond donors (Lipinski definition) is 2. The summed E-state index contributed by atoms with van der Waals surface area (Å²) in [7, 11) is -2.74. The van der Waals surface area contributed by atoms with Crippen molar-refractivity contribution in [2.24, 2.45) is 5.92 Å². The molecule has 8 nitrogen and oxygen atoms in total. The van der Waals surface area contributed by atoms with Crippen molar-refractivity contribution in [3.8, 4) is 0 Å². The molecule has 1 saturated heterocycles. The third kappa shape index (κ3) is 5.01. The highest BCUT2D eigenvalue weighted by atomic mass is 127. The molecule has 11 heteroatoms. The molecule has 1 spiro atoms. The summed E-state index contributed by atoms with van der Waals surface area (Å²) in [6, 6.07) is 14.1. The van der Waals surface area contributed by atoms with Gasteiger partial charge < -0.3 is 19.5 Å².